The predicted molar refractivity (Wildman–Crippen MR) is 63.2 cm³/mol. The number of aromatic nitrogens is 1. The summed E-state index contributed by atoms with van der Waals surface area (Å²) in [6.45, 7) is 5.65. The van der Waals surface area contributed by atoms with Crippen molar-refractivity contribution < 1.29 is 14.3 Å². The number of Topliss-reactive ketones (excluding diaryl/α,β-unsaturated/α-hetero) is 1. The molecule has 1 aromatic rings. The van der Waals surface area contributed by atoms with Crippen LogP contribution in [0.25, 0.3) is 0 Å². The lowest BCUT2D eigenvalue weighted by Crippen LogP contribution is -2.27. The molecule has 4 nitrogen and oxygen atoms in total. The van der Waals surface area contributed by atoms with Crippen LogP contribution in [-0.4, -0.2) is 29.3 Å². The Hall–Kier alpha value is -0.970. The van der Waals surface area contributed by atoms with Gasteiger partial charge in [0.2, 0.25) is 0 Å². The van der Waals surface area contributed by atoms with Crippen molar-refractivity contribution in [1.82, 2.24) is 4.98 Å². The molecular weight excluding hydrogens is 242 g/mol. The van der Waals surface area contributed by atoms with Crippen molar-refractivity contribution in [3.05, 3.63) is 28.5 Å². The van der Waals surface area contributed by atoms with Gasteiger partial charge in [-0.1, -0.05) is 11.6 Å². The van der Waals surface area contributed by atoms with E-state index in [1.165, 1.54) is 6.20 Å². The lowest BCUT2D eigenvalue weighted by molar-refractivity contribution is -0.133. The molecule has 1 atom stereocenters. The fourth-order valence-corrected chi connectivity index (χ4v) is 1.80. The van der Waals surface area contributed by atoms with E-state index in [-0.39, 0.29) is 12.4 Å². The Balaban J connectivity index is 2.18. The van der Waals surface area contributed by atoms with Gasteiger partial charge in [-0.25, -0.2) is 4.98 Å². The Morgan fingerprint density at radius 1 is 1.59 bits per heavy atom. The molecule has 1 aliphatic rings. The van der Waals surface area contributed by atoms with Crippen molar-refractivity contribution in [3.63, 3.8) is 0 Å². The number of ketones is 1. The number of aryl methyl sites for hydroxylation is 1. The van der Waals surface area contributed by atoms with Gasteiger partial charge in [0, 0.05) is 11.8 Å². The molecule has 2 heterocycles. The summed E-state index contributed by atoms with van der Waals surface area (Å²) in [6, 6.07) is 1.71. The van der Waals surface area contributed by atoms with E-state index >= 15 is 0 Å². The molecule has 1 aliphatic heterocycles. The van der Waals surface area contributed by atoms with Gasteiger partial charge in [0.05, 0.1) is 6.61 Å². The fraction of sp³-hybridized carbons (Fsp3) is 0.500. The third-order valence-electron chi connectivity index (χ3n) is 2.60. The molecule has 0 radical (unpaired) electrons. The summed E-state index contributed by atoms with van der Waals surface area (Å²) in [7, 11) is 0. The van der Waals surface area contributed by atoms with Crippen molar-refractivity contribution in [2.75, 3.05) is 6.61 Å². The second-order valence-electron chi connectivity index (χ2n) is 4.51. The minimum absolute atomic E-state index is 0.122. The minimum atomic E-state index is -0.699. The average molecular weight is 256 g/mol. The first-order valence-corrected chi connectivity index (χ1v) is 5.75. The lowest BCUT2D eigenvalue weighted by atomic mass is 10.1. The molecule has 0 N–H and O–H groups in total. The normalized spacial score (nSPS) is 22.7. The topological polar surface area (TPSA) is 48.4 Å². The van der Waals surface area contributed by atoms with Gasteiger partial charge in [-0.2, -0.15) is 0 Å². The van der Waals surface area contributed by atoms with Crippen molar-refractivity contribution in [3.8, 4) is 0 Å². The van der Waals surface area contributed by atoms with Crippen molar-refractivity contribution >= 4 is 17.4 Å². The molecule has 2 rings (SSSR count). The highest BCUT2D eigenvalue weighted by atomic mass is 35.5. The highest BCUT2D eigenvalue weighted by Crippen LogP contribution is 2.25. The molecule has 1 aromatic heterocycles. The number of carbonyl (C=O) groups is 1. The number of hydrogen-bond donors (Lipinski definition) is 0. The smallest absolute Gasteiger partial charge is 0.195 e. The van der Waals surface area contributed by atoms with Gasteiger partial charge in [0.1, 0.15) is 11.3 Å². The molecule has 5 heteroatoms. The zero-order valence-electron chi connectivity index (χ0n) is 9.99. The van der Waals surface area contributed by atoms with Crippen LogP contribution < -0.4 is 0 Å². The van der Waals surface area contributed by atoms with Gasteiger partial charge >= 0.3 is 0 Å². The molecule has 1 fully saturated rings. The predicted octanol–water partition coefficient (Wildman–Crippen LogP) is 2.38. The Labute approximate surface area is 105 Å². The van der Waals surface area contributed by atoms with E-state index < -0.39 is 11.9 Å². The van der Waals surface area contributed by atoms with Crippen LogP contribution in [0.2, 0.25) is 5.15 Å². The van der Waals surface area contributed by atoms with E-state index in [4.69, 9.17) is 21.1 Å². The summed E-state index contributed by atoms with van der Waals surface area (Å²) in [5.74, 6) is -0.822. The number of rotatable bonds is 2. The first kappa shape index (κ1) is 12.5. The standard InChI is InChI=1S/C12H14ClNO3/c1-7-4-8(5-14-11(7)13)10(15)9-6-16-12(2,3)17-9/h4-5,9H,6H2,1-3H3/t9-/m0/s1. The number of pyridine rings is 1. The highest BCUT2D eigenvalue weighted by Gasteiger charge is 2.37. The van der Waals surface area contributed by atoms with Gasteiger partial charge in [-0.05, 0) is 32.4 Å². The largest absolute Gasteiger partial charge is 0.347 e. The van der Waals surface area contributed by atoms with Gasteiger partial charge in [0.15, 0.2) is 11.6 Å². The highest BCUT2D eigenvalue weighted by molar-refractivity contribution is 6.30. The zero-order valence-corrected chi connectivity index (χ0v) is 10.7. The first-order chi connectivity index (χ1) is 7.89. The maximum atomic E-state index is 12.1. The number of hydrogen-bond acceptors (Lipinski definition) is 4. The molecule has 0 spiro atoms. The molecule has 0 aromatic carbocycles. The Kier molecular flexibility index (Phi) is 3.21. The van der Waals surface area contributed by atoms with E-state index in [1.807, 2.05) is 6.92 Å². The van der Waals surface area contributed by atoms with Crippen LogP contribution >= 0.6 is 11.6 Å². The summed E-state index contributed by atoms with van der Waals surface area (Å²) in [6.07, 6.45) is 0.902. The molecule has 0 bridgehead atoms. The Morgan fingerprint density at radius 2 is 2.29 bits per heavy atom. The van der Waals surface area contributed by atoms with Crippen LogP contribution in [-0.2, 0) is 9.47 Å². The molecule has 0 unspecified atom stereocenters. The third-order valence-corrected chi connectivity index (χ3v) is 3.00. The molecule has 0 saturated carbocycles. The quantitative estimate of drug-likeness (QED) is 0.601. The van der Waals surface area contributed by atoms with E-state index in [1.54, 1.807) is 19.9 Å². The summed E-state index contributed by atoms with van der Waals surface area (Å²) < 4.78 is 10.9. The first-order valence-electron chi connectivity index (χ1n) is 5.37. The molecule has 0 amide bonds. The maximum Gasteiger partial charge on any atom is 0.195 e. The van der Waals surface area contributed by atoms with Gasteiger partial charge in [-0.3, -0.25) is 4.79 Å². The van der Waals surface area contributed by atoms with Crippen LogP contribution in [0, 0.1) is 6.92 Å². The SMILES string of the molecule is Cc1cc(C(=O)[C@@H]2COC(C)(C)O2)cnc1Cl. The Morgan fingerprint density at radius 3 is 2.82 bits per heavy atom. The lowest BCUT2D eigenvalue weighted by Gasteiger charge is -2.16. The van der Waals surface area contributed by atoms with Crippen molar-refractivity contribution in [2.45, 2.75) is 32.7 Å². The zero-order chi connectivity index (χ0) is 12.6. The monoisotopic (exact) mass is 255 g/mol. The summed E-state index contributed by atoms with van der Waals surface area (Å²) in [5, 5.41) is 0.408. The van der Waals surface area contributed by atoms with E-state index in [0.717, 1.165) is 5.56 Å². The molecular formula is C12H14ClNO3. The number of carbonyl (C=O) groups excluding carboxylic acids is 1. The minimum Gasteiger partial charge on any atom is -0.347 e. The van der Waals surface area contributed by atoms with Crippen LogP contribution in [0.5, 0.6) is 0 Å². The van der Waals surface area contributed by atoms with Gasteiger partial charge in [0.25, 0.3) is 0 Å². The van der Waals surface area contributed by atoms with Crippen LogP contribution in [0.15, 0.2) is 12.3 Å². The Bertz CT molecular complexity index is 459. The molecule has 0 aliphatic carbocycles. The van der Waals surface area contributed by atoms with Crippen LogP contribution in [0.1, 0.15) is 29.8 Å². The maximum absolute atomic E-state index is 12.1. The third kappa shape index (κ3) is 2.65. The van der Waals surface area contributed by atoms with E-state index in [9.17, 15) is 4.79 Å². The second-order valence-corrected chi connectivity index (χ2v) is 4.87. The average Bonchev–Trinajstić information content (AvgIpc) is 2.62. The number of halogens is 1. The summed E-state index contributed by atoms with van der Waals surface area (Å²) in [5.41, 5.74) is 1.27. The number of nitrogens with zero attached hydrogens (tertiary/aromatic N) is 1. The van der Waals surface area contributed by atoms with Gasteiger partial charge in [-0.15, -0.1) is 0 Å². The van der Waals surface area contributed by atoms with Crippen LogP contribution in [0.3, 0.4) is 0 Å². The summed E-state index contributed by atoms with van der Waals surface area (Å²) in [4.78, 5) is 16.1. The van der Waals surface area contributed by atoms with E-state index in [2.05, 4.69) is 4.98 Å². The molecule has 92 valence electrons. The molecule has 1 saturated heterocycles. The van der Waals surface area contributed by atoms with Crippen molar-refractivity contribution in [2.24, 2.45) is 0 Å². The fourth-order valence-electron chi connectivity index (χ4n) is 1.69. The van der Waals surface area contributed by atoms with Gasteiger partial charge < -0.3 is 9.47 Å². The van der Waals surface area contributed by atoms with E-state index in [0.29, 0.717) is 10.7 Å². The second kappa shape index (κ2) is 4.37. The van der Waals surface area contributed by atoms with Crippen molar-refractivity contribution in [1.29, 1.82) is 0 Å². The number of ether oxygens (including phenoxy) is 2. The van der Waals surface area contributed by atoms with Crippen LogP contribution in [0.4, 0.5) is 0 Å². The summed E-state index contributed by atoms with van der Waals surface area (Å²) >= 11 is 5.81. The molecule has 17 heavy (non-hydrogen) atoms.